The third-order valence-corrected chi connectivity index (χ3v) is 3.85. The molecule has 0 radical (unpaired) electrons. The van der Waals surface area contributed by atoms with E-state index < -0.39 is 0 Å². The van der Waals surface area contributed by atoms with Gasteiger partial charge in [-0.3, -0.25) is 9.69 Å². The van der Waals surface area contributed by atoms with Gasteiger partial charge in [-0.1, -0.05) is 25.5 Å². The molecule has 1 unspecified atom stereocenters. The molecule has 3 N–H and O–H groups in total. The molecule has 22 heavy (non-hydrogen) atoms. The minimum absolute atomic E-state index is 0. The molecular weight excluding hydrogens is 321 g/mol. The van der Waals surface area contributed by atoms with E-state index in [0.29, 0.717) is 6.54 Å². The van der Waals surface area contributed by atoms with E-state index in [4.69, 9.17) is 5.73 Å². The van der Waals surface area contributed by atoms with Crippen molar-refractivity contribution in [2.75, 3.05) is 25.0 Å². The van der Waals surface area contributed by atoms with E-state index >= 15 is 0 Å². The Kier molecular flexibility index (Phi) is 10.4. The highest BCUT2D eigenvalue weighted by atomic mass is 35.5. The van der Waals surface area contributed by atoms with Crippen molar-refractivity contribution in [3.05, 3.63) is 29.8 Å². The van der Waals surface area contributed by atoms with Crippen LogP contribution in [0.1, 0.15) is 31.7 Å². The molecule has 1 saturated heterocycles. The third-order valence-electron chi connectivity index (χ3n) is 3.85. The molecule has 0 aliphatic carbocycles. The van der Waals surface area contributed by atoms with Gasteiger partial charge < -0.3 is 11.1 Å². The smallest absolute Gasteiger partial charge is 0.228 e. The zero-order chi connectivity index (χ0) is 14.4. The molecule has 1 amide bonds. The maximum Gasteiger partial charge on any atom is 0.228 e. The molecule has 1 aliphatic heterocycles. The van der Waals surface area contributed by atoms with E-state index in [9.17, 15) is 4.79 Å². The summed E-state index contributed by atoms with van der Waals surface area (Å²) in [5.74, 6) is -0.164. The molecule has 6 heteroatoms. The molecular formula is C16H27Cl2N3O. The summed E-state index contributed by atoms with van der Waals surface area (Å²) in [6.07, 6.45) is 3.94. The van der Waals surface area contributed by atoms with Crippen molar-refractivity contribution >= 4 is 36.4 Å². The first-order valence-corrected chi connectivity index (χ1v) is 7.51. The quantitative estimate of drug-likeness (QED) is 0.860. The summed E-state index contributed by atoms with van der Waals surface area (Å²) in [6, 6.07) is 8.12. The number of nitrogens with two attached hydrogens (primary N) is 1. The highest BCUT2D eigenvalue weighted by Gasteiger charge is 2.12. The number of hydrogen-bond acceptors (Lipinski definition) is 3. The Labute approximate surface area is 145 Å². The minimum Gasteiger partial charge on any atom is -0.330 e. The van der Waals surface area contributed by atoms with Gasteiger partial charge in [0.2, 0.25) is 5.91 Å². The lowest BCUT2D eigenvalue weighted by Crippen LogP contribution is -2.29. The maximum absolute atomic E-state index is 11.8. The molecule has 4 nitrogen and oxygen atoms in total. The second-order valence-corrected chi connectivity index (χ2v) is 5.66. The molecule has 1 aliphatic rings. The second-order valence-electron chi connectivity index (χ2n) is 5.66. The summed E-state index contributed by atoms with van der Waals surface area (Å²) in [4.78, 5) is 14.3. The normalized spacial score (nSPS) is 16.1. The van der Waals surface area contributed by atoms with Crippen LogP contribution in [0.3, 0.4) is 0 Å². The van der Waals surface area contributed by atoms with Crippen molar-refractivity contribution in [1.29, 1.82) is 0 Å². The Hall–Kier alpha value is -0.810. The SMILES string of the molecule is CC(CN)C(=O)Nc1cccc(CN2CCCCC2)c1.Cl.Cl. The molecule has 1 heterocycles. The fourth-order valence-electron chi connectivity index (χ4n) is 2.50. The Balaban J connectivity index is 0.00000220. The van der Waals surface area contributed by atoms with Gasteiger partial charge in [0.25, 0.3) is 0 Å². The van der Waals surface area contributed by atoms with Crippen LogP contribution in [0.4, 0.5) is 5.69 Å². The summed E-state index contributed by atoms with van der Waals surface area (Å²) in [7, 11) is 0. The van der Waals surface area contributed by atoms with Gasteiger partial charge in [0.15, 0.2) is 0 Å². The third kappa shape index (κ3) is 6.53. The van der Waals surface area contributed by atoms with Gasteiger partial charge in [-0.2, -0.15) is 0 Å². The van der Waals surface area contributed by atoms with E-state index in [2.05, 4.69) is 22.3 Å². The number of anilines is 1. The Morgan fingerprint density at radius 3 is 2.59 bits per heavy atom. The summed E-state index contributed by atoms with van der Waals surface area (Å²) >= 11 is 0. The van der Waals surface area contributed by atoms with Crippen molar-refractivity contribution in [2.24, 2.45) is 11.7 Å². The second kappa shape index (κ2) is 10.8. The first kappa shape index (κ1) is 21.2. The first-order chi connectivity index (χ1) is 9.69. The van der Waals surface area contributed by atoms with Crippen LogP contribution in [0.15, 0.2) is 24.3 Å². The average Bonchev–Trinajstić information content (AvgIpc) is 2.47. The van der Waals surface area contributed by atoms with Crippen LogP contribution in [0.2, 0.25) is 0 Å². The van der Waals surface area contributed by atoms with Crippen LogP contribution >= 0.6 is 24.8 Å². The lowest BCUT2D eigenvalue weighted by atomic mass is 10.1. The van der Waals surface area contributed by atoms with Gasteiger partial charge in [0, 0.05) is 24.7 Å². The number of hydrogen-bond donors (Lipinski definition) is 2. The van der Waals surface area contributed by atoms with Gasteiger partial charge >= 0.3 is 0 Å². The van der Waals surface area contributed by atoms with Gasteiger partial charge in [-0.05, 0) is 43.6 Å². The van der Waals surface area contributed by atoms with Crippen LogP contribution in [0, 0.1) is 5.92 Å². The number of benzene rings is 1. The van der Waals surface area contributed by atoms with Crippen LogP contribution in [-0.2, 0) is 11.3 Å². The molecule has 0 aromatic heterocycles. The largest absolute Gasteiger partial charge is 0.330 e. The number of amides is 1. The van der Waals surface area contributed by atoms with Crippen LogP contribution in [-0.4, -0.2) is 30.4 Å². The maximum atomic E-state index is 11.8. The summed E-state index contributed by atoms with van der Waals surface area (Å²) < 4.78 is 0. The monoisotopic (exact) mass is 347 g/mol. The molecule has 1 atom stereocenters. The number of halogens is 2. The van der Waals surface area contributed by atoms with E-state index in [1.165, 1.54) is 37.9 Å². The summed E-state index contributed by atoms with van der Waals surface area (Å²) in [5.41, 5.74) is 7.63. The highest BCUT2D eigenvalue weighted by Crippen LogP contribution is 2.16. The standard InChI is InChI=1S/C16H25N3O.2ClH/c1-13(11-17)16(20)18-15-7-5-6-14(10-15)12-19-8-3-2-4-9-19;;/h5-7,10,13H,2-4,8-9,11-12,17H2,1H3,(H,18,20);2*1H. The lowest BCUT2D eigenvalue weighted by molar-refractivity contribution is -0.119. The van der Waals surface area contributed by atoms with Crippen LogP contribution < -0.4 is 11.1 Å². The van der Waals surface area contributed by atoms with Crippen molar-refractivity contribution in [1.82, 2.24) is 4.90 Å². The number of nitrogens with zero attached hydrogens (tertiary/aromatic N) is 1. The van der Waals surface area contributed by atoms with E-state index in [1.807, 2.05) is 19.1 Å². The molecule has 126 valence electrons. The molecule has 0 spiro atoms. The summed E-state index contributed by atoms with van der Waals surface area (Å²) in [6.45, 7) is 5.55. The predicted molar refractivity (Wildman–Crippen MR) is 96.9 cm³/mol. The Morgan fingerprint density at radius 2 is 1.95 bits per heavy atom. The Morgan fingerprint density at radius 1 is 1.27 bits per heavy atom. The zero-order valence-corrected chi connectivity index (χ0v) is 14.7. The van der Waals surface area contributed by atoms with E-state index in [0.717, 1.165) is 12.2 Å². The van der Waals surface area contributed by atoms with Crippen molar-refractivity contribution in [3.63, 3.8) is 0 Å². The van der Waals surface area contributed by atoms with Gasteiger partial charge in [0.05, 0.1) is 0 Å². The van der Waals surface area contributed by atoms with Gasteiger partial charge in [-0.15, -0.1) is 24.8 Å². The lowest BCUT2D eigenvalue weighted by Gasteiger charge is -2.26. The summed E-state index contributed by atoms with van der Waals surface area (Å²) in [5, 5.41) is 2.93. The van der Waals surface area contributed by atoms with E-state index in [1.54, 1.807) is 0 Å². The topological polar surface area (TPSA) is 58.4 Å². The van der Waals surface area contributed by atoms with Gasteiger partial charge in [-0.25, -0.2) is 0 Å². The fourth-order valence-corrected chi connectivity index (χ4v) is 2.50. The molecule has 1 aromatic rings. The first-order valence-electron chi connectivity index (χ1n) is 7.51. The predicted octanol–water partition coefficient (Wildman–Crippen LogP) is 3.05. The molecule has 1 aromatic carbocycles. The van der Waals surface area contributed by atoms with Crippen molar-refractivity contribution in [2.45, 2.75) is 32.7 Å². The van der Waals surface area contributed by atoms with E-state index in [-0.39, 0.29) is 36.6 Å². The number of rotatable bonds is 5. The molecule has 0 bridgehead atoms. The number of nitrogens with one attached hydrogen (secondary N) is 1. The molecule has 2 rings (SSSR count). The highest BCUT2D eigenvalue weighted by molar-refractivity contribution is 5.92. The van der Waals surface area contributed by atoms with Crippen molar-refractivity contribution < 1.29 is 4.79 Å². The zero-order valence-electron chi connectivity index (χ0n) is 13.1. The Bertz CT molecular complexity index is 451. The number of piperidine rings is 1. The number of likely N-dealkylation sites (tertiary alicyclic amines) is 1. The minimum atomic E-state index is -0.152. The fraction of sp³-hybridized carbons (Fsp3) is 0.562. The van der Waals surface area contributed by atoms with Crippen LogP contribution in [0.5, 0.6) is 0 Å². The van der Waals surface area contributed by atoms with Crippen LogP contribution in [0.25, 0.3) is 0 Å². The number of carbonyl (C=O) groups is 1. The molecule has 1 fully saturated rings. The number of carbonyl (C=O) groups excluding carboxylic acids is 1. The van der Waals surface area contributed by atoms with Crippen molar-refractivity contribution in [3.8, 4) is 0 Å². The van der Waals surface area contributed by atoms with Gasteiger partial charge in [0.1, 0.15) is 0 Å². The average molecular weight is 348 g/mol. The molecule has 0 saturated carbocycles.